The summed E-state index contributed by atoms with van der Waals surface area (Å²) in [6, 6.07) is 0. The van der Waals surface area contributed by atoms with Gasteiger partial charge in [0, 0.05) is 26.6 Å². The van der Waals surface area contributed by atoms with Gasteiger partial charge in [-0.25, -0.2) is 9.78 Å². The maximum Gasteiger partial charge on any atom is 0.333 e. The van der Waals surface area contributed by atoms with Crippen LogP contribution in [-0.4, -0.2) is 33.8 Å². The highest BCUT2D eigenvalue weighted by molar-refractivity contribution is 5.74. The quantitative estimate of drug-likeness (QED) is 0.801. The first kappa shape index (κ1) is 11.7. The molecule has 1 aromatic heterocycles. The van der Waals surface area contributed by atoms with Gasteiger partial charge >= 0.3 is 5.97 Å². The SMILES string of the molecule is COC(C(=O)O)C(C)(C)c1nccn1C. The number of carbonyl (C=O) groups is 1. The predicted molar refractivity (Wildman–Crippen MR) is 54.7 cm³/mol. The molecule has 1 atom stereocenters. The zero-order chi connectivity index (χ0) is 11.6. The van der Waals surface area contributed by atoms with Gasteiger partial charge in [0.25, 0.3) is 0 Å². The van der Waals surface area contributed by atoms with Crippen molar-refractivity contribution in [1.29, 1.82) is 0 Å². The van der Waals surface area contributed by atoms with Gasteiger partial charge in [-0.15, -0.1) is 0 Å². The minimum atomic E-state index is -0.981. The zero-order valence-electron chi connectivity index (χ0n) is 9.39. The molecule has 1 rings (SSSR count). The molecule has 0 saturated heterocycles. The average molecular weight is 212 g/mol. The summed E-state index contributed by atoms with van der Waals surface area (Å²) >= 11 is 0. The number of nitrogens with zero attached hydrogens (tertiary/aromatic N) is 2. The van der Waals surface area contributed by atoms with Crippen LogP contribution in [0.15, 0.2) is 12.4 Å². The standard InChI is InChI=1S/C10H16N2O3/c1-10(2,7(15-4)8(13)14)9-11-5-6-12(9)3/h5-7H,1-4H3,(H,13,14). The molecule has 0 aliphatic carbocycles. The molecule has 0 bridgehead atoms. The van der Waals surface area contributed by atoms with E-state index in [1.54, 1.807) is 30.8 Å². The van der Waals surface area contributed by atoms with Crippen molar-refractivity contribution >= 4 is 5.97 Å². The smallest absolute Gasteiger partial charge is 0.333 e. The molecule has 0 saturated carbocycles. The largest absolute Gasteiger partial charge is 0.479 e. The van der Waals surface area contributed by atoms with Gasteiger partial charge in [0.2, 0.25) is 0 Å². The fraction of sp³-hybridized carbons (Fsp3) is 0.600. The highest BCUT2D eigenvalue weighted by Crippen LogP contribution is 2.27. The fourth-order valence-corrected chi connectivity index (χ4v) is 1.81. The normalized spacial score (nSPS) is 13.9. The molecule has 1 unspecified atom stereocenters. The predicted octanol–water partition coefficient (Wildman–Crippen LogP) is 0.797. The Labute approximate surface area is 88.7 Å². The van der Waals surface area contributed by atoms with Gasteiger partial charge in [0.05, 0.1) is 5.41 Å². The Morgan fingerprint density at radius 2 is 2.27 bits per heavy atom. The molecule has 0 aliphatic heterocycles. The number of hydrogen-bond donors (Lipinski definition) is 1. The Morgan fingerprint density at radius 3 is 2.60 bits per heavy atom. The van der Waals surface area contributed by atoms with Crippen LogP contribution in [0.3, 0.4) is 0 Å². The number of aliphatic carboxylic acids is 1. The maximum atomic E-state index is 11.0. The van der Waals surface area contributed by atoms with E-state index in [2.05, 4.69) is 4.98 Å². The Morgan fingerprint density at radius 1 is 1.67 bits per heavy atom. The lowest BCUT2D eigenvalue weighted by atomic mass is 9.85. The van der Waals surface area contributed by atoms with Gasteiger partial charge in [-0.3, -0.25) is 0 Å². The summed E-state index contributed by atoms with van der Waals surface area (Å²) in [4.78, 5) is 15.2. The number of carboxylic acid groups (broad SMARTS) is 1. The molecule has 5 heteroatoms. The second-order valence-corrected chi connectivity index (χ2v) is 4.04. The number of aromatic nitrogens is 2. The molecule has 1 aromatic rings. The molecule has 15 heavy (non-hydrogen) atoms. The minimum Gasteiger partial charge on any atom is -0.479 e. The lowest BCUT2D eigenvalue weighted by Crippen LogP contribution is -2.43. The third-order valence-electron chi connectivity index (χ3n) is 2.51. The number of ether oxygens (including phenoxy) is 1. The first-order chi connectivity index (χ1) is 6.91. The van der Waals surface area contributed by atoms with Crippen molar-refractivity contribution in [2.75, 3.05) is 7.11 Å². The van der Waals surface area contributed by atoms with Crippen LogP contribution in [-0.2, 0) is 22.0 Å². The van der Waals surface area contributed by atoms with Crippen LogP contribution in [0.5, 0.6) is 0 Å². The van der Waals surface area contributed by atoms with Crippen LogP contribution in [0.25, 0.3) is 0 Å². The van der Waals surface area contributed by atoms with E-state index in [1.807, 2.05) is 7.05 Å². The second kappa shape index (κ2) is 4.02. The summed E-state index contributed by atoms with van der Waals surface area (Å²) in [5.41, 5.74) is -0.668. The van der Waals surface area contributed by atoms with Crippen molar-refractivity contribution in [1.82, 2.24) is 9.55 Å². The molecule has 0 aromatic carbocycles. The summed E-state index contributed by atoms with van der Waals surface area (Å²) in [5.74, 6) is -0.290. The van der Waals surface area contributed by atoms with Crippen molar-refractivity contribution in [2.24, 2.45) is 7.05 Å². The van der Waals surface area contributed by atoms with Crippen molar-refractivity contribution in [3.05, 3.63) is 18.2 Å². The van der Waals surface area contributed by atoms with Gasteiger partial charge in [0.15, 0.2) is 6.10 Å². The molecule has 0 radical (unpaired) electrons. The summed E-state index contributed by atoms with van der Waals surface area (Å²) < 4.78 is 6.80. The highest BCUT2D eigenvalue weighted by atomic mass is 16.5. The number of hydrogen-bond acceptors (Lipinski definition) is 3. The average Bonchev–Trinajstić information content (AvgIpc) is 2.51. The van der Waals surface area contributed by atoms with Gasteiger partial charge in [-0.05, 0) is 13.8 Å². The highest BCUT2D eigenvalue weighted by Gasteiger charge is 2.39. The molecule has 1 N–H and O–H groups in total. The topological polar surface area (TPSA) is 64.3 Å². The molecule has 84 valence electrons. The number of rotatable bonds is 4. The van der Waals surface area contributed by atoms with E-state index < -0.39 is 17.5 Å². The lowest BCUT2D eigenvalue weighted by molar-refractivity contribution is -0.152. The van der Waals surface area contributed by atoms with Crippen LogP contribution in [0.2, 0.25) is 0 Å². The van der Waals surface area contributed by atoms with Crippen molar-refractivity contribution in [3.8, 4) is 0 Å². The van der Waals surface area contributed by atoms with Crippen LogP contribution < -0.4 is 0 Å². The van der Waals surface area contributed by atoms with Gasteiger partial charge < -0.3 is 14.4 Å². The monoisotopic (exact) mass is 212 g/mol. The summed E-state index contributed by atoms with van der Waals surface area (Å²) in [6.07, 6.45) is 2.52. The van der Waals surface area contributed by atoms with E-state index >= 15 is 0 Å². The number of carboxylic acids is 1. The molecule has 5 nitrogen and oxygen atoms in total. The van der Waals surface area contributed by atoms with Crippen molar-refractivity contribution in [3.63, 3.8) is 0 Å². The van der Waals surface area contributed by atoms with E-state index in [1.165, 1.54) is 7.11 Å². The third-order valence-corrected chi connectivity index (χ3v) is 2.51. The first-order valence-electron chi connectivity index (χ1n) is 4.64. The molecule has 0 spiro atoms. The zero-order valence-corrected chi connectivity index (χ0v) is 9.39. The van der Waals surface area contributed by atoms with Crippen molar-refractivity contribution < 1.29 is 14.6 Å². The van der Waals surface area contributed by atoms with Gasteiger partial charge in [0.1, 0.15) is 5.82 Å². The third kappa shape index (κ3) is 2.02. The van der Waals surface area contributed by atoms with Crippen LogP contribution >= 0.6 is 0 Å². The molecular formula is C10H16N2O3. The summed E-state index contributed by atoms with van der Waals surface area (Å²) in [7, 11) is 3.22. The summed E-state index contributed by atoms with van der Waals surface area (Å²) in [5, 5.41) is 9.04. The van der Waals surface area contributed by atoms with E-state index in [4.69, 9.17) is 9.84 Å². The number of imidazole rings is 1. The van der Waals surface area contributed by atoms with E-state index in [9.17, 15) is 4.79 Å². The van der Waals surface area contributed by atoms with E-state index in [-0.39, 0.29) is 0 Å². The maximum absolute atomic E-state index is 11.0. The fourth-order valence-electron chi connectivity index (χ4n) is 1.81. The molecule has 0 aliphatic rings. The minimum absolute atomic E-state index is 0.668. The molecule has 1 heterocycles. The van der Waals surface area contributed by atoms with Crippen LogP contribution in [0.4, 0.5) is 0 Å². The van der Waals surface area contributed by atoms with Crippen LogP contribution in [0.1, 0.15) is 19.7 Å². The Balaban J connectivity index is 3.11. The number of aryl methyl sites for hydroxylation is 1. The summed E-state index contributed by atoms with van der Waals surface area (Å²) in [6.45, 7) is 3.61. The van der Waals surface area contributed by atoms with Gasteiger partial charge in [-0.2, -0.15) is 0 Å². The molecule has 0 amide bonds. The Hall–Kier alpha value is -1.36. The van der Waals surface area contributed by atoms with Crippen LogP contribution in [0, 0.1) is 0 Å². The Bertz CT molecular complexity index is 357. The van der Waals surface area contributed by atoms with E-state index in [0.29, 0.717) is 5.82 Å². The van der Waals surface area contributed by atoms with E-state index in [0.717, 1.165) is 0 Å². The first-order valence-corrected chi connectivity index (χ1v) is 4.64. The van der Waals surface area contributed by atoms with Crippen molar-refractivity contribution in [2.45, 2.75) is 25.4 Å². The van der Waals surface area contributed by atoms with Gasteiger partial charge in [-0.1, -0.05) is 0 Å². The second-order valence-electron chi connectivity index (χ2n) is 4.04. The Kier molecular flexibility index (Phi) is 3.14. The lowest BCUT2D eigenvalue weighted by Gasteiger charge is -2.29. The number of methoxy groups -OCH3 is 1. The molecular weight excluding hydrogens is 196 g/mol. The molecule has 0 fully saturated rings.